The molecule has 6 nitrogen and oxygen atoms in total. The van der Waals surface area contributed by atoms with E-state index in [1.54, 1.807) is 0 Å². The van der Waals surface area contributed by atoms with Crippen LogP contribution in [0.15, 0.2) is 24.3 Å². The van der Waals surface area contributed by atoms with Gasteiger partial charge in [0, 0.05) is 18.2 Å². The van der Waals surface area contributed by atoms with Gasteiger partial charge in [-0.3, -0.25) is 14.2 Å². The van der Waals surface area contributed by atoms with Gasteiger partial charge in [0.1, 0.15) is 0 Å². The molecule has 25 heavy (non-hydrogen) atoms. The lowest BCUT2D eigenvalue weighted by molar-refractivity contribution is -0.143. The van der Waals surface area contributed by atoms with E-state index in [1.807, 2.05) is 0 Å². The van der Waals surface area contributed by atoms with Crippen molar-refractivity contribution in [3.05, 3.63) is 35.4 Å². The van der Waals surface area contributed by atoms with Gasteiger partial charge < -0.3 is 15.1 Å². The summed E-state index contributed by atoms with van der Waals surface area (Å²) in [6.07, 6.45) is -6.08. The monoisotopic (exact) mass is 382 g/mol. The smallest absolute Gasteiger partial charge is 0.416 e. The number of carbonyl (C=O) groups is 2. The first kappa shape index (κ1) is 21.2. The average molecular weight is 382 g/mol. The van der Waals surface area contributed by atoms with Crippen LogP contribution < -0.4 is 0 Å². The molecular weight excluding hydrogens is 364 g/mol. The van der Waals surface area contributed by atoms with E-state index in [2.05, 4.69) is 0 Å². The molecular formula is C15H18F3O6P. The van der Waals surface area contributed by atoms with Crippen LogP contribution in [0.3, 0.4) is 0 Å². The van der Waals surface area contributed by atoms with Crippen molar-refractivity contribution in [3.8, 4) is 0 Å². The summed E-state index contributed by atoms with van der Waals surface area (Å²) in [7, 11) is -4.19. The molecule has 3 unspecified atom stereocenters. The van der Waals surface area contributed by atoms with Gasteiger partial charge >= 0.3 is 18.1 Å². The molecule has 3 N–H and O–H groups in total. The maximum atomic E-state index is 12.7. The summed E-state index contributed by atoms with van der Waals surface area (Å²) < 4.78 is 50.6. The third-order valence-electron chi connectivity index (χ3n) is 3.87. The van der Waals surface area contributed by atoms with Crippen LogP contribution >= 0.6 is 7.37 Å². The van der Waals surface area contributed by atoms with Crippen molar-refractivity contribution in [1.82, 2.24) is 0 Å². The first-order chi connectivity index (χ1) is 11.3. The minimum atomic E-state index is -4.61. The zero-order chi connectivity index (χ0) is 19.4. The molecule has 0 fully saturated rings. The largest absolute Gasteiger partial charge is 0.481 e. The molecule has 0 radical (unpaired) electrons. The second-order valence-corrected chi connectivity index (χ2v) is 8.37. The van der Waals surface area contributed by atoms with Gasteiger partial charge in [0.05, 0.1) is 11.5 Å². The maximum absolute atomic E-state index is 12.7. The predicted octanol–water partition coefficient (Wildman–Crippen LogP) is 3.43. The van der Waals surface area contributed by atoms with Crippen LogP contribution in [0.2, 0.25) is 0 Å². The van der Waals surface area contributed by atoms with E-state index in [-0.39, 0.29) is 12.0 Å². The van der Waals surface area contributed by atoms with Gasteiger partial charge in [-0.2, -0.15) is 13.2 Å². The number of benzene rings is 1. The average Bonchev–Trinajstić information content (AvgIpc) is 2.45. The molecule has 0 saturated heterocycles. The Morgan fingerprint density at radius 3 is 2.32 bits per heavy atom. The van der Waals surface area contributed by atoms with Crippen LogP contribution in [0, 0.1) is 5.92 Å². The highest BCUT2D eigenvalue weighted by Crippen LogP contribution is 2.53. The summed E-state index contributed by atoms with van der Waals surface area (Å²) in [5, 5.41) is 17.8. The van der Waals surface area contributed by atoms with Crippen molar-refractivity contribution >= 4 is 19.3 Å². The van der Waals surface area contributed by atoms with Crippen LogP contribution in [-0.2, 0) is 26.5 Å². The van der Waals surface area contributed by atoms with Gasteiger partial charge in [-0.05, 0) is 18.1 Å². The normalized spacial score (nSPS) is 16.7. The fraction of sp³-hybridized carbons (Fsp3) is 0.467. The third-order valence-corrected chi connectivity index (χ3v) is 6.32. The zero-order valence-corrected chi connectivity index (χ0v) is 14.1. The number of rotatable bonds is 8. The van der Waals surface area contributed by atoms with E-state index < -0.39 is 55.2 Å². The van der Waals surface area contributed by atoms with Crippen molar-refractivity contribution in [3.63, 3.8) is 0 Å². The van der Waals surface area contributed by atoms with E-state index in [1.165, 1.54) is 13.0 Å². The van der Waals surface area contributed by atoms with E-state index in [4.69, 9.17) is 10.2 Å². The molecule has 0 aliphatic rings. The molecule has 1 aromatic rings. The number of halogens is 3. The topological polar surface area (TPSA) is 112 Å². The van der Waals surface area contributed by atoms with Gasteiger partial charge in [-0.15, -0.1) is 0 Å². The number of carboxylic acids is 2. The van der Waals surface area contributed by atoms with E-state index in [0.717, 1.165) is 18.2 Å². The fourth-order valence-corrected chi connectivity index (χ4v) is 4.23. The highest BCUT2D eigenvalue weighted by Gasteiger charge is 2.38. The standard InChI is InChI=1S/C15H18F3O6P/c1-9(12(14(21)22)5-6-13(19)20)25(23,24)8-10-3-2-4-11(7-10)15(16,17)18/h2-4,7,9,12H,5-6,8H2,1H3,(H,19,20)(H,21,22)(H,23,24). The highest BCUT2D eigenvalue weighted by molar-refractivity contribution is 7.58. The Hall–Kier alpha value is -1.86. The van der Waals surface area contributed by atoms with Crippen LogP contribution in [0.5, 0.6) is 0 Å². The Morgan fingerprint density at radius 1 is 1.24 bits per heavy atom. The molecule has 10 heteroatoms. The fourth-order valence-electron chi connectivity index (χ4n) is 2.38. The van der Waals surface area contributed by atoms with Crippen LogP contribution in [0.4, 0.5) is 13.2 Å². The number of hydrogen-bond donors (Lipinski definition) is 3. The van der Waals surface area contributed by atoms with Crippen LogP contribution in [0.1, 0.15) is 30.9 Å². The van der Waals surface area contributed by atoms with Gasteiger partial charge in [-0.25, -0.2) is 0 Å². The summed E-state index contributed by atoms with van der Waals surface area (Å²) in [5.41, 5.74) is -2.33. The Balaban J connectivity index is 3.00. The maximum Gasteiger partial charge on any atom is 0.416 e. The molecule has 0 amide bonds. The molecule has 0 saturated carbocycles. The van der Waals surface area contributed by atoms with Crippen molar-refractivity contribution in [2.75, 3.05) is 0 Å². The van der Waals surface area contributed by atoms with Crippen LogP contribution in [-0.4, -0.2) is 32.7 Å². The molecule has 1 aromatic carbocycles. The molecule has 0 aliphatic heterocycles. The summed E-state index contributed by atoms with van der Waals surface area (Å²) in [4.78, 5) is 32.0. The Labute approximate surface area is 141 Å². The van der Waals surface area contributed by atoms with Gasteiger partial charge in [0.25, 0.3) is 0 Å². The van der Waals surface area contributed by atoms with E-state index in [0.29, 0.717) is 0 Å². The molecule has 140 valence electrons. The zero-order valence-electron chi connectivity index (χ0n) is 13.2. The molecule has 0 spiro atoms. The first-order valence-corrected chi connectivity index (χ1v) is 9.18. The Morgan fingerprint density at radius 2 is 1.84 bits per heavy atom. The lowest BCUT2D eigenvalue weighted by Gasteiger charge is -2.25. The summed E-state index contributed by atoms with van der Waals surface area (Å²) in [6, 6.07) is 3.91. The predicted molar refractivity (Wildman–Crippen MR) is 82.4 cm³/mol. The molecule has 0 aliphatic carbocycles. The lowest BCUT2D eigenvalue weighted by atomic mass is 10.0. The second kappa shape index (κ2) is 8.01. The van der Waals surface area contributed by atoms with Crippen molar-refractivity contribution in [2.45, 2.75) is 37.8 Å². The summed E-state index contributed by atoms with van der Waals surface area (Å²) in [6.45, 7) is 1.19. The summed E-state index contributed by atoms with van der Waals surface area (Å²) >= 11 is 0. The minimum Gasteiger partial charge on any atom is -0.481 e. The molecule has 0 heterocycles. The Kier molecular flexibility index (Phi) is 6.79. The quantitative estimate of drug-likeness (QED) is 0.594. The number of carboxylic acid groups (broad SMARTS) is 2. The second-order valence-electron chi connectivity index (χ2n) is 5.73. The van der Waals surface area contributed by atoms with Gasteiger partial charge in [0.15, 0.2) is 0 Å². The van der Waals surface area contributed by atoms with Gasteiger partial charge in [-0.1, -0.05) is 25.1 Å². The molecule has 0 aromatic heterocycles. The number of hydrogen-bond acceptors (Lipinski definition) is 3. The summed E-state index contributed by atoms with van der Waals surface area (Å²) in [5.74, 6) is -4.06. The lowest BCUT2D eigenvalue weighted by Crippen LogP contribution is -2.27. The molecule has 1 rings (SSSR count). The molecule has 3 atom stereocenters. The third kappa shape index (κ3) is 6.17. The van der Waals surface area contributed by atoms with Gasteiger partial charge in [0.2, 0.25) is 7.37 Å². The number of aliphatic carboxylic acids is 2. The number of alkyl halides is 3. The molecule has 0 bridgehead atoms. The van der Waals surface area contributed by atoms with E-state index in [9.17, 15) is 32.2 Å². The minimum absolute atomic E-state index is 0.0464. The highest BCUT2D eigenvalue weighted by atomic mass is 31.2. The van der Waals surface area contributed by atoms with Crippen molar-refractivity contribution < 1.29 is 42.4 Å². The van der Waals surface area contributed by atoms with Crippen molar-refractivity contribution in [2.24, 2.45) is 5.92 Å². The van der Waals surface area contributed by atoms with E-state index >= 15 is 0 Å². The first-order valence-electron chi connectivity index (χ1n) is 7.27. The van der Waals surface area contributed by atoms with Crippen molar-refractivity contribution in [1.29, 1.82) is 0 Å². The SMILES string of the molecule is CC(C(CCC(=O)O)C(=O)O)P(=O)(O)Cc1cccc(C(F)(F)F)c1. The Bertz CT molecular complexity index is 688. The van der Waals surface area contributed by atoms with Crippen LogP contribution in [0.25, 0.3) is 0 Å².